The molecule has 1 fully saturated rings. The lowest BCUT2D eigenvalue weighted by atomic mass is 10.1. The van der Waals surface area contributed by atoms with E-state index < -0.39 is 0 Å². The average molecular weight is 341 g/mol. The summed E-state index contributed by atoms with van der Waals surface area (Å²) in [7, 11) is 2.04. The predicted molar refractivity (Wildman–Crippen MR) is 91.3 cm³/mol. The molecule has 0 bridgehead atoms. The van der Waals surface area contributed by atoms with Crippen LogP contribution < -0.4 is 0 Å². The van der Waals surface area contributed by atoms with E-state index in [1.165, 1.54) is 17.8 Å². The Kier molecular flexibility index (Phi) is 4.38. The van der Waals surface area contributed by atoms with Gasteiger partial charge in [-0.1, -0.05) is 6.07 Å². The first kappa shape index (κ1) is 16.1. The quantitative estimate of drug-likeness (QED) is 0.730. The zero-order valence-electron chi connectivity index (χ0n) is 14.1. The number of aromatic nitrogens is 2. The van der Waals surface area contributed by atoms with Crippen molar-refractivity contribution in [1.82, 2.24) is 14.5 Å². The molecule has 0 N–H and O–H groups in total. The van der Waals surface area contributed by atoms with E-state index in [2.05, 4.69) is 20.5 Å². The van der Waals surface area contributed by atoms with Gasteiger partial charge in [-0.25, -0.2) is 9.37 Å². The molecule has 0 aliphatic carbocycles. The van der Waals surface area contributed by atoms with Crippen LogP contribution in [-0.4, -0.2) is 34.2 Å². The largest absolute Gasteiger partial charge is 0.444 e. The molecule has 2 aromatic heterocycles. The SMILES string of the molecule is Cn1cccc1[C@@H]1COCCN1Cc1coc(-c2cccc(F)c2)n1. The molecule has 0 saturated carbocycles. The van der Waals surface area contributed by atoms with Gasteiger partial charge in [0.15, 0.2) is 0 Å². The van der Waals surface area contributed by atoms with E-state index in [1.54, 1.807) is 18.4 Å². The topological polar surface area (TPSA) is 43.4 Å². The van der Waals surface area contributed by atoms with Gasteiger partial charge in [0.1, 0.15) is 12.1 Å². The number of rotatable bonds is 4. The molecule has 1 aliphatic heterocycles. The molecule has 1 aliphatic rings. The van der Waals surface area contributed by atoms with Crippen molar-refractivity contribution in [2.45, 2.75) is 12.6 Å². The molecule has 3 heterocycles. The molecule has 6 heteroatoms. The second-order valence-corrected chi connectivity index (χ2v) is 6.26. The summed E-state index contributed by atoms with van der Waals surface area (Å²) in [6, 6.07) is 10.6. The summed E-state index contributed by atoms with van der Waals surface area (Å²) < 4.78 is 26.7. The van der Waals surface area contributed by atoms with Gasteiger partial charge in [0.2, 0.25) is 5.89 Å². The summed E-state index contributed by atoms with van der Waals surface area (Å²) in [6.07, 6.45) is 3.69. The van der Waals surface area contributed by atoms with Crippen molar-refractivity contribution in [3.63, 3.8) is 0 Å². The smallest absolute Gasteiger partial charge is 0.226 e. The molecule has 4 rings (SSSR count). The third-order valence-electron chi connectivity index (χ3n) is 4.55. The number of ether oxygens (including phenoxy) is 1. The van der Waals surface area contributed by atoms with Gasteiger partial charge in [-0.2, -0.15) is 0 Å². The number of benzene rings is 1. The van der Waals surface area contributed by atoms with Crippen molar-refractivity contribution in [2.75, 3.05) is 19.8 Å². The van der Waals surface area contributed by atoms with Gasteiger partial charge in [0.05, 0.1) is 24.9 Å². The Morgan fingerprint density at radius 2 is 2.20 bits per heavy atom. The van der Waals surface area contributed by atoms with Crippen molar-refractivity contribution >= 4 is 0 Å². The van der Waals surface area contributed by atoms with Gasteiger partial charge in [-0.3, -0.25) is 4.90 Å². The highest BCUT2D eigenvalue weighted by atomic mass is 19.1. The van der Waals surface area contributed by atoms with Crippen LogP contribution in [-0.2, 0) is 18.3 Å². The molecule has 130 valence electrons. The minimum atomic E-state index is -0.297. The van der Waals surface area contributed by atoms with Gasteiger partial charge in [0, 0.05) is 37.6 Å². The number of oxazole rings is 1. The lowest BCUT2D eigenvalue weighted by Gasteiger charge is -2.35. The molecule has 5 nitrogen and oxygen atoms in total. The molecule has 0 spiro atoms. The summed E-state index contributed by atoms with van der Waals surface area (Å²) in [4.78, 5) is 6.87. The number of halogens is 1. The fourth-order valence-electron chi connectivity index (χ4n) is 3.26. The van der Waals surface area contributed by atoms with Crippen LogP contribution in [0.1, 0.15) is 17.4 Å². The first-order valence-corrected chi connectivity index (χ1v) is 8.34. The second-order valence-electron chi connectivity index (χ2n) is 6.26. The Hall–Kier alpha value is -2.44. The van der Waals surface area contributed by atoms with Gasteiger partial charge in [-0.05, 0) is 30.3 Å². The van der Waals surface area contributed by atoms with Crippen LogP contribution in [0.3, 0.4) is 0 Å². The first-order valence-electron chi connectivity index (χ1n) is 8.34. The highest BCUT2D eigenvalue weighted by Gasteiger charge is 2.27. The maximum atomic E-state index is 13.4. The van der Waals surface area contributed by atoms with Crippen molar-refractivity contribution in [3.05, 3.63) is 66.1 Å². The molecule has 0 unspecified atom stereocenters. The summed E-state index contributed by atoms with van der Waals surface area (Å²) >= 11 is 0. The summed E-state index contributed by atoms with van der Waals surface area (Å²) in [5, 5.41) is 0. The maximum Gasteiger partial charge on any atom is 0.226 e. The highest BCUT2D eigenvalue weighted by molar-refractivity contribution is 5.52. The van der Waals surface area contributed by atoms with Gasteiger partial charge in [0.25, 0.3) is 0 Å². The fourth-order valence-corrected chi connectivity index (χ4v) is 3.26. The van der Waals surface area contributed by atoms with Crippen molar-refractivity contribution < 1.29 is 13.5 Å². The third kappa shape index (κ3) is 3.36. The van der Waals surface area contributed by atoms with Crippen molar-refractivity contribution in [3.8, 4) is 11.5 Å². The zero-order valence-corrected chi connectivity index (χ0v) is 14.1. The van der Waals surface area contributed by atoms with Crippen LogP contribution >= 0.6 is 0 Å². The molecular weight excluding hydrogens is 321 g/mol. The first-order chi connectivity index (χ1) is 12.2. The number of morpholine rings is 1. The maximum absolute atomic E-state index is 13.4. The van der Waals surface area contributed by atoms with Crippen LogP contribution in [0.15, 0.2) is 53.3 Å². The number of aryl methyl sites for hydroxylation is 1. The van der Waals surface area contributed by atoms with Crippen LogP contribution in [0.4, 0.5) is 4.39 Å². The standard InChI is InChI=1S/C19H20FN3O2/c1-22-7-3-6-17(22)18-13-24-9-8-23(18)11-16-12-25-19(21-16)14-4-2-5-15(20)10-14/h2-7,10,12,18H,8-9,11,13H2,1H3/t18-/m0/s1. The van der Waals surface area contributed by atoms with E-state index in [1.807, 2.05) is 19.3 Å². The van der Waals surface area contributed by atoms with E-state index in [4.69, 9.17) is 9.15 Å². The van der Waals surface area contributed by atoms with Crippen LogP contribution in [0, 0.1) is 5.82 Å². The Morgan fingerprint density at radius 1 is 1.28 bits per heavy atom. The molecule has 1 atom stereocenters. The van der Waals surface area contributed by atoms with Gasteiger partial charge in [-0.15, -0.1) is 0 Å². The highest BCUT2D eigenvalue weighted by Crippen LogP contribution is 2.27. The summed E-state index contributed by atoms with van der Waals surface area (Å²) in [5.74, 6) is 0.146. The van der Waals surface area contributed by atoms with Crippen molar-refractivity contribution in [2.24, 2.45) is 7.05 Å². The summed E-state index contributed by atoms with van der Waals surface area (Å²) in [5.41, 5.74) is 2.70. The second kappa shape index (κ2) is 6.82. The number of hydrogen-bond acceptors (Lipinski definition) is 4. The Bertz CT molecular complexity index is 858. The van der Waals surface area contributed by atoms with E-state index >= 15 is 0 Å². The molecule has 25 heavy (non-hydrogen) atoms. The van der Waals surface area contributed by atoms with E-state index in [9.17, 15) is 4.39 Å². The zero-order chi connectivity index (χ0) is 17.2. The van der Waals surface area contributed by atoms with Crippen LogP contribution in [0.2, 0.25) is 0 Å². The Labute approximate surface area is 145 Å². The third-order valence-corrected chi connectivity index (χ3v) is 4.55. The van der Waals surface area contributed by atoms with E-state index in [-0.39, 0.29) is 11.9 Å². The Morgan fingerprint density at radius 3 is 3.00 bits per heavy atom. The molecule has 1 aromatic carbocycles. The lowest BCUT2D eigenvalue weighted by Crippen LogP contribution is -2.39. The normalized spacial score (nSPS) is 18.6. The van der Waals surface area contributed by atoms with Gasteiger partial charge < -0.3 is 13.7 Å². The van der Waals surface area contributed by atoms with E-state index in [0.29, 0.717) is 31.2 Å². The number of hydrogen-bond donors (Lipinski definition) is 0. The van der Waals surface area contributed by atoms with Crippen LogP contribution in [0.5, 0.6) is 0 Å². The minimum absolute atomic E-state index is 0.183. The van der Waals surface area contributed by atoms with E-state index in [0.717, 1.165) is 12.2 Å². The fraction of sp³-hybridized carbons (Fsp3) is 0.316. The Balaban J connectivity index is 1.54. The molecule has 1 saturated heterocycles. The molecule has 0 radical (unpaired) electrons. The molecular formula is C19H20FN3O2. The van der Waals surface area contributed by atoms with Crippen molar-refractivity contribution in [1.29, 1.82) is 0 Å². The van der Waals surface area contributed by atoms with Crippen LogP contribution in [0.25, 0.3) is 11.5 Å². The average Bonchev–Trinajstić information content (AvgIpc) is 3.25. The van der Waals surface area contributed by atoms with Gasteiger partial charge >= 0.3 is 0 Å². The molecule has 0 amide bonds. The monoisotopic (exact) mass is 341 g/mol. The number of nitrogens with zero attached hydrogens (tertiary/aromatic N) is 3. The molecule has 3 aromatic rings. The lowest BCUT2D eigenvalue weighted by molar-refractivity contribution is -0.0157. The predicted octanol–water partition coefficient (Wildman–Crippen LogP) is 3.39. The minimum Gasteiger partial charge on any atom is -0.444 e. The summed E-state index contributed by atoms with van der Waals surface area (Å²) in [6.45, 7) is 2.86.